The summed E-state index contributed by atoms with van der Waals surface area (Å²) in [4.78, 5) is 25.0. The summed E-state index contributed by atoms with van der Waals surface area (Å²) in [5.74, 6) is 1.06. The van der Waals surface area contributed by atoms with E-state index in [4.69, 9.17) is 44.1 Å². The van der Waals surface area contributed by atoms with Crippen LogP contribution in [0.3, 0.4) is 0 Å². The van der Waals surface area contributed by atoms with Crippen LogP contribution in [0.25, 0.3) is 11.6 Å². The van der Waals surface area contributed by atoms with Crippen molar-refractivity contribution in [3.05, 3.63) is 82.6 Å². The first-order valence-electron chi connectivity index (χ1n) is 21.3. The second kappa shape index (κ2) is 15.8. The highest BCUT2D eigenvalue weighted by Crippen LogP contribution is 2.49. The summed E-state index contributed by atoms with van der Waals surface area (Å²) < 4.78 is 41.5. The maximum absolute atomic E-state index is 14.8. The van der Waals surface area contributed by atoms with E-state index in [1.54, 1.807) is 0 Å². The zero-order chi connectivity index (χ0) is 42.6. The molecule has 3 aliphatic heterocycles. The monoisotopic (exact) mass is 863 g/mol. The van der Waals surface area contributed by atoms with Crippen LogP contribution in [0.5, 0.6) is 6.01 Å². The number of benzene rings is 2. The van der Waals surface area contributed by atoms with Crippen LogP contribution in [0.4, 0.5) is 15.3 Å². The molecule has 4 aliphatic rings. The molecule has 5 aromatic rings. The highest BCUT2D eigenvalue weighted by Gasteiger charge is 2.55. The molecule has 1 aliphatic carbocycles. The first-order chi connectivity index (χ1) is 29.3. The SMILES string of the molecule is CC(C)(C)[Si](O[C@@]1(C)COCCN(c2nc(OC[C@@]34CCCN3C[C@H](F)C4)nc(-c3noc([C@@]4(C)CCCc5sc(N)c(C#N)c54)n3)n2)C1)(c1ccccc1)c1ccccc1. The van der Waals surface area contributed by atoms with Crippen molar-refractivity contribution in [1.82, 2.24) is 30.0 Å². The van der Waals surface area contributed by atoms with E-state index < -0.39 is 31.0 Å². The topological polar surface area (TPSA) is 162 Å². The van der Waals surface area contributed by atoms with Crippen molar-refractivity contribution in [2.75, 3.05) is 56.6 Å². The lowest BCUT2D eigenvalue weighted by atomic mass is 9.72. The van der Waals surface area contributed by atoms with Crippen LogP contribution < -0.4 is 25.7 Å². The van der Waals surface area contributed by atoms with Gasteiger partial charge >= 0.3 is 6.01 Å². The standard InChI is InChI=1S/C45H54FN9O4SSi/c1-42(2,3)61(31-14-8-6-9-15-31,32-16-10-7-11-17-32)59-43(4)27-54(22-23-56-28-43)40-50-37(51-41(52-40)57-29-45-20-13-21-55(45)26-30(46)24-45)38-49-39(58-53-38)44(5)19-12-18-34-35(44)33(25-47)36(48)60-34/h6-11,14-17,30H,12-13,18-24,26-29,48H2,1-5H3/t30-,43-,44+,45+/m1/s1. The number of nitrogens with zero attached hydrogens (tertiary/aromatic N) is 8. The smallest absolute Gasteiger partial charge is 0.321 e. The van der Waals surface area contributed by atoms with Gasteiger partial charge in [0.05, 0.1) is 41.9 Å². The summed E-state index contributed by atoms with van der Waals surface area (Å²) in [6, 6.07) is 23.6. The summed E-state index contributed by atoms with van der Waals surface area (Å²) in [5.41, 5.74) is 5.69. The van der Waals surface area contributed by atoms with E-state index in [0.29, 0.717) is 68.1 Å². The number of rotatable bonds is 10. The fraction of sp³-hybridized carbons (Fsp3) is 0.511. The lowest BCUT2D eigenvalue weighted by Crippen LogP contribution is -2.70. The first kappa shape index (κ1) is 41.6. The van der Waals surface area contributed by atoms with Crippen LogP contribution in [0.15, 0.2) is 65.2 Å². The van der Waals surface area contributed by atoms with Crippen LogP contribution >= 0.6 is 11.3 Å². The van der Waals surface area contributed by atoms with Crippen molar-refractivity contribution in [1.29, 1.82) is 5.26 Å². The molecule has 0 radical (unpaired) electrons. The number of halogens is 1. The summed E-state index contributed by atoms with van der Waals surface area (Å²) in [7, 11) is -3.01. The van der Waals surface area contributed by atoms with Gasteiger partial charge in [0.15, 0.2) is 0 Å². The van der Waals surface area contributed by atoms with Crippen LogP contribution in [0, 0.1) is 11.3 Å². The van der Waals surface area contributed by atoms with Gasteiger partial charge in [0.1, 0.15) is 23.8 Å². The Balaban J connectivity index is 1.10. The normalized spacial score (nSPS) is 25.8. The Morgan fingerprint density at radius 3 is 2.43 bits per heavy atom. The first-order valence-corrected chi connectivity index (χ1v) is 24.1. The molecule has 61 heavy (non-hydrogen) atoms. The minimum Gasteiger partial charge on any atom is -0.461 e. The van der Waals surface area contributed by atoms with Crippen molar-refractivity contribution >= 4 is 41.0 Å². The molecule has 2 aromatic carbocycles. The number of anilines is 2. The minimum atomic E-state index is -3.01. The number of thiophene rings is 1. The fourth-order valence-electron chi connectivity index (χ4n) is 10.4. The molecule has 6 heterocycles. The van der Waals surface area contributed by atoms with Crippen molar-refractivity contribution in [2.45, 2.75) is 101 Å². The number of fused-ring (bicyclic) bond motifs is 2. The molecule has 3 fully saturated rings. The van der Waals surface area contributed by atoms with Gasteiger partial charge in [-0.15, -0.1) is 11.3 Å². The highest BCUT2D eigenvalue weighted by molar-refractivity contribution is 7.16. The number of alkyl halides is 1. The molecule has 0 spiro atoms. The third-order valence-corrected chi connectivity index (χ3v) is 19.5. The molecule has 2 N–H and O–H groups in total. The predicted octanol–water partition coefficient (Wildman–Crippen LogP) is 6.21. The molecule has 13 nitrogen and oxygen atoms in total. The Bertz CT molecular complexity index is 2390. The molecular weight excluding hydrogens is 810 g/mol. The number of nitriles is 1. The predicted molar refractivity (Wildman–Crippen MR) is 235 cm³/mol. The number of aromatic nitrogens is 5. The van der Waals surface area contributed by atoms with Gasteiger partial charge < -0.3 is 29.1 Å². The fourth-order valence-corrected chi connectivity index (χ4v) is 16.4. The largest absolute Gasteiger partial charge is 0.461 e. The lowest BCUT2D eigenvalue weighted by Gasteiger charge is -2.48. The summed E-state index contributed by atoms with van der Waals surface area (Å²) in [5, 5.41) is 17.1. The van der Waals surface area contributed by atoms with Gasteiger partial charge in [0.2, 0.25) is 23.5 Å². The van der Waals surface area contributed by atoms with E-state index in [0.717, 1.165) is 42.7 Å². The molecule has 320 valence electrons. The van der Waals surface area contributed by atoms with E-state index in [9.17, 15) is 9.65 Å². The van der Waals surface area contributed by atoms with Crippen molar-refractivity contribution in [3.8, 4) is 23.7 Å². The molecule has 0 unspecified atom stereocenters. The van der Waals surface area contributed by atoms with Gasteiger partial charge in [-0.25, -0.2) is 4.39 Å². The van der Waals surface area contributed by atoms with Crippen LogP contribution in [-0.2, 0) is 21.0 Å². The molecule has 4 atom stereocenters. The Kier molecular flexibility index (Phi) is 10.8. The van der Waals surface area contributed by atoms with Crippen LogP contribution in [0.2, 0.25) is 5.04 Å². The number of hydrogen-bond acceptors (Lipinski definition) is 14. The average Bonchev–Trinajstić information content (AvgIpc) is 4.01. The van der Waals surface area contributed by atoms with E-state index in [1.165, 1.54) is 21.7 Å². The molecule has 3 saturated heterocycles. The van der Waals surface area contributed by atoms with Gasteiger partial charge in [-0.2, -0.15) is 25.2 Å². The zero-order valence-electron chi connectivity index (χ0n) is 35.6. The quantitative estimate of drug-likeness (QED) is 0.158. The molecule has 0 bridgehead atoms. The van der Waals surface area contributed by atoms with Gasteiger partial charge in [-0.05, 0) is 67.9 Å². The number of aryl methyl sites for hydroxylation is 1. The summed E-state index contributed by atoms with van der Waals surface area (Å²) >= 11 is 1.45. The number of hydrogen-bond donors (Lipinski definition) is 1. The minimum absolute atomic E-state index is 0.0955. The van der Waals surface area contributed by atoms with Crippen molar-refractivity contribution in [3.63, 3.8) is 0 Å². The van der Waals surface area contributed by atoms with Crippen LogP contribution in [0.1, 0.15) is 88.6 Å². The molecular formula is C45H54FN9O4SSi. The molecule has 3 aromatic heterocycles. The number of nitrogen functional groups attached to an aromatic ring is 1. The highest BCUT2D eigenvalue weighted by atomic mass is 32.1. The van der Waals surface area contributed by atoms with E-state index in [-0.39, 0.29) is 29.3 Å². The Hall–Kier alpha value is -4.79. The van der Waals surface area contributed by atoms with E-state index in [2.05, 4.69) is 97.3 Å². The third kappa shape index (κ3) is 7.41. The van der Waals surface area contributed by atoms with Gasteiger partial charge in [-0.3, -0.25) is 4.90 Å². The number of ether oxygens (including phenoxy) is 2. The second-order valence-corrected chi connectivity index (χ2v) is 24.0. The molecule has 0 amide bonds. The van der Waals surface area contributed by atoms with Crippen molar-refractivity contribution in [2.24, 2.45) is 0 Å². The third-order valence-electron chi connectivity index (χ3n) is 13.2. The second-order valence-electron chi connectivity index (χ2n) is 18.7. The Labute approximate surface area is 361 Å². The van der Waals surface area contributed by atoms with E-state index >= 15 is 0 Å². The maximum Gasteiger partial charge on any atom is 0.321 e. The molecule has 0 saturated carbocycles. The van der Waals surface area contributed by atoms with Gasteiger partial charge in [0.25, 0.3) is 8.32 Å². The summed E-state index contributed by atoms with van der Waals surface area (Å²) in [6.07, 6.45) is 3.74. The van der Waals surface area contributed by atoms with Crippen LogP contribution in [-0.4, -0.2) is 102 Å². The van der Waals surface area contributed by atoms with E-state index in [1.807, 2.05) is 19.1 Å². The Morgan fingerprint density at radius 2 is 1.72 bits per heavy atom. The van der Waals surface area contributed by atoms with Crippen molar-refractivity contribution < 1.29 is 22.8 Å². The van der Waals surface area contributed by atoms with Gasteiger partial charge in [-0.1, -0.05) is 86.6 Å². The Morgan fingerprint density at radius 1 is 0.984 bits per heavy atom. The lowest BCUT2D eigenvalue weighted by molar-refractivity contribution is -0.000399. The molecule has 16 heteroatoms. The maximum atomic E-state index is 14.8. The average molecular weight is 864 g/mol. The van der Waals surface area contributed by atoms with Gasteiger partial charge in [0, 0.05) is 30.0 Å². The summed E-state index contributed by atoms with van der Waals surface area (Å²) in [6.45, 7) is 14.1. The molecule has 9 rings (SSSR count). The zero-order valence-corrected chi connectivity index (χ0v) is 37.4. The number of nitrogens with two attached hydrogens (primary N) is 1.